The van der Waals surface area contributed by atoms with Gasteiger partial charge in [-0.2, -0.15) is 0 Å². The molecule has 12 heteroatoms. The van der Waals surface area contributed by atoms with Crippen LogP contribution in [-0.4, -0.2) is 89.7 Å². The van der Waals surface area contributed by atoms with Crippen LogP contribution in [0.15, 0.2) is 126 Å². The Morgan fingerprint density at radius 2 is 1.47 bits per heavy atom. The molecule has 55 heavy (non-hydrogen) atoms. The largest absolute Gasteiger partial charge is 0.456 e. The van der Waals surface area contributed by atoms with Crippen molar-refractivity contribution in [1.82, 2.24) is 14.5 Å². The molecule has 1 amide bonds. The van der Waals surface area contributed by atoms with E-state index in [1.807, 2.05) is 42.5 Å². The number of nitrogens with zero attached hydrogens (tertiary/aromatic N) is 3. The number of benzene rings is 5. The number of ether oxygens (including phenoxy) is 2. The predicted molar refractivity (Wildman–Crippen MR) is 219 cm³/mol. The van der Waals surface area contributed by atoms with E-state index in [0.29, 0.717) is 10.8 Å². The zero-order valence-electron chi connectivity index (χ0n) is 30.7. The first-order valence-corrected chi connectivity index (χ1v) is 20.6. The minimum Gasteiger partial charge on any atom is -0.456 e. The predicted octanol–water partition coefficient (Wildman–Crippen LogP) is 7.37. The van der Waals surface area contributed by atoms with Crippen LogP contribution < -0.4 is 19.7 Å². The number of carbonyl (C=O) groups excluding carboxylic acids is 1. The fourth-order valence-corrected chi connectivity index (χ4v) is 8.01. The average Bonchev–Trinajstić information content (AvgIpc) is 3.21. The van der Waals surface area contributed by atoms with E-state index in [1.165, 1.54) is 23.3 Å². The standard InChI is InChI=1S/C43H46ClN5O5S/c44-35-13-11-33(12-14-35)40-10-5-4-7-34(40)32-48-23-25-49(26-24-48)37-17-20-41(42(31-37)54-38-8-2-1-3-9-38)43(50)46-55(51,52)39-18-15-36(16-19-39)45-21-6-22-47-27-29-53-30-28-47/h1-5,7-20,31,45H,6,21-30,32H2,(H,46,50). The number of hydrogen-bond donors (Lipinski definition) is 2. The number of carbonyl (C=O) groups is 1. The molecule has 0 aliphatic carbocycles. The molecule has 0 saturated carbocycles. The molecule has 2 heterocycles. The summed E-state index contributed by atoms with van der Waals surface area (Å²) in [6.45, 7) is 9.21. The maximum Gasteiger partial charge on any atom is 0.268 e. The Kier molecular flexibility index (Phi) is 12.7. The number of para-hydroxylation sites is 1. The maximum atomic E-state index is 13.6. The number of morpholine rings is 1. The number of hydrogen-bond acceptors (Lipinski definition) is 9. The molecule has 5 aromatic carbocycles. The normalized spacial score (nSPS) is 15.4. The molecule has 0 radical (unpaired) electrons. The zero-order valence-corrected chi connectivity index (χ0v) is 32.3. The highest BCUT2D eigenvalue weighted by Gasteiger charge is 2.24. The first-order valence-electron chi connectivity index (χ1n) is 18.7. The molecular weight excluding hydrogens is 734 g/mol. The molecule has 10 nitrogen and oxygen atoms in total. The van der Waals surface area contributed by atoms with Crippen LogP contribution >= 0.6 is 11.6 Å². The van der Waals surface area contributed by atoms with Crippen molar-refractivity contribution in [2.45, 2.75) is 17.9 Å². The van der Waals surface area contributed by atoms with Crippen molar-refractivity contribution < 1.29 is 22.7 Å². The van der Waals surface area contributed by atoms with E-state index in [9.17, 15) is 13.2 Å². The molecule has 2 saturated heterocycles. The summed E-state index contributed by atoms with van der Waals surface area (Å²) in [5, 5.41) is 4.06. The third-order valence-corrected chi connectivity index (χ3v) is 11.6. The van der Waals surface area contributed by atoms with Crippen molar-refractivity contribution in [3.05, 3.63) is 137 Å². The Labute approximate surface area is 328 Å². The number of nitrogens with one attached hydrogen (secondary N) is 2. The van der Waals surface area contributed by atoms with Gasteiger partial charge in [-0.25, -0.2) is 13.1 Å². The zero-order chi connectivity index (χ0) is 38.0. The van der Waals surface area contributed by atoms with E-state index >= 15 is 0 Å². The topological polar surface area (TPSA) is 103 Å². The van der Waals surface area contributed by atoms with Crippen molar-refractivity contribution in [3.8, 4) is 22.6 Å². The van der Waals surface area contributed by atoms with Crippen LogP contribution in [-0.2, 0) is 21.3 Å². The monoisotopic (exact) mass is 779 g/mol. The van der Waals surface area contributed by atoms with Crippen LogP contribution in [0.5, 0.6) is 11.5 Å². The van der Waals surface area contributed by atoms with E-state index in [0.717, 1.165) is 95.5 Å². The lowest BCUT2D eigenvalue weighted by Crippen LogP contribution is -2.46. The van der Waals surface area contributed by atoms with Gasteiger partial charge in [-0.3, -0.25) is 14.6 Å². The molecule has 2 aliphatic heterocycles. The minimum absolute atomic E-state index is 0.00414. The van der Waals surface area contributed by atoms with Gasteiger partial charge in [0.15, 0.2) is 0 Å². The van der Waals surface area contributed by atoms with Gasteiger partial charge in [-0.15, -0.1) is 0 Å². The van der Waals surface area contributed by atoms with Gasteiger partial charge in [-0.1, -0.05) is 66.2 Å². The first-order chi connectivity index (χ1) is 26.8. The number of piperazine rings is 1. The minimum atomic E-state index is -4.16. The lowest BCUT2D eigenvalue weighted by Gasteiger charge is -2.36. The smallest absolute Gasteiger partial charge is 0.268 e. The number of amides is 1. The molecule has 2 fully saturated rings. The average molecular weight is 780 g/mol. The first kappa shape index (κ1) is 38.4. The number of halogens is 1. The summed E-state index contributed by atoms with van der Waals surface area (Å²) in [5.74, 6) is 0.0353. The number of sulfonamides is 1. The highest BCUT2D eigenvalue weighted by atomic mass is 35.5. The highest BCUT2D eigenvalue weighted by molar-refractivity contribution is 7.90. The summed E-state index contributed by atoms with van der Waals surface area (Å²) < 4.78 is 40.7. The third-order valence-electron chi connectivity index (χ3n) is 9.96. The summed E-state index contributed by atoms with van der Waals surface area (Å²) >= 11 is 6.15. The Balaban J connectivity index is 0.994. The van der Waals surface area contributed by atoms with Gasteiger partial charge in [0.2, 0.25) is 0 Å². The SMILES string of the molecule is O=C(NS(=O)(=O)c1ccc(NCCCN2CCOCC2)cc1)c1ccc(N2CCN(Cc3ccccc3-c3ccc(Cl)cc3)CC2)cc1Oc1ccccc1. The van der Waals surface area contributed by atoms with Crippen molar-refractivity contribution in [3.63, 3.8) is 0 Å². The summed E-state index contributed by atoms with van der Waals surface area (Å²) in [7, 11) is -4.16. The van der Waals surface area contributed by atoms with Crippen LogP contribution in [0, 0.1) is 0 Å². The second-order valence-electron chi connectivity index (χ2n) is 13.7. The van der Waals surface area contributed by atoms with Crippen molar-refractivity contribution >= 4 is 38.9 Å². The van der Waals surface area contributed by atoms with Crippen LogP contribution in [0.1, 0.15) is 22.3 Å². The van der Waals surface area contributed by atoms with Crippen molar-refractivity contribution in [2.24, 2.45) is 0 Å². The van der Waals surface area contributed by atoms with Gasteiger partial charge in [0.25, 0.3) is 15.9 Å². The van der Waals surface area contributed by atoms with Gasteiger partial charge in [0, 0.05) is 74.8 Å². The molecule has 0 unspecified atom stereocenters. The van der Waals surface area contributed by atoms with E-state index in [4.69, 9.17) is 21.1 Å². The summed E-state index contributed by atoms with van der Waals surface area (Å²) in [6, 6.07) is 37.3. The molecular formula is C43H46ClN5O5S. The van der Waals surface area contributed by atoms with Crippen molar-refractivity contribution in [2.75, 3.05) is 75.8 Å². The Bertz CT molecular complexity index is 2140. The number of anilines is 2. The lowest BCUT2D eigenvalue weighted by molar-refractivity contribution is 0.0378. The summed E-state index contributed by atoms with van der Waals surface area (Å²) in [4.78, 5) is 20.7. The van der Waals surface area contributed by atoms with Crippen molar-refractivity contribution in [1.29, 1.82) is 0 Å². The van der Waals surface area contributed by atoms with Crippen LogP contribution in [0.25, 0.3) is 11.1 Å². The van der Waals surface area contributed by atoms with Crippen LogP contribution in [0.4, 0.5) is 11.4 Å². The second-order valence-corrected chi connectivity index (χ2v) is 15.8. The van der Waals surface area contributed by atoms with E-state index in [1.54, 1.807) is 30.3 Å². The quantitative estimate of drug-likeness (QED) is 0.112. The van der Waals surface area contributed by atoms with Gasteiger partial charge in [0.05, 0.1) is 23.7 Å². The molecule has 0 bridgehead atoms. The van der Waals surface area contributed by atoms with Gasteiger partial charge >= 0.3 is 0 Å². The maximum absolute atomic E-state index is 13.6. The third kappa shape index (κ3) is 10.2. The van der Waals surface area contributed by atoms with Gasteiger partial charge < -0.3 is 19.7 Å². The molecule has 7 rings (SSSR count). The Morgan fingerprint density at radius 1 is 0.764 bits per heavy atom. The van der Waals surface area contributed by atoms with E-state index in [-0.39, 0.29) is 16.2 Å². The summed E-state index contributed by atoms with van der Waals surface area (Å²) in [5.41, 5.74) is 5.40. The molecule has 5 aromatic rings. The Morgan fingerprint density at radius 3 is 2.22 bits per heavy atom. The highest BCUT2D eigenvalue weighted by Crippen LogP contribution is 2.32. The molecule has 0 aromatic heterocycles. The lowest BCUT2D eigenvalue weighted by atomic mass is 9.99. The van der Waals surface area contributed by atoms with Gasteiger partial charge in [-0.05, 0) is 90.3 Å². The molecule has 2 N–H and O–H groups in total. The fourth-order valence-electron chi connectivity index (χ4n) is 6.92. The molecule has 0 spiro atoms. The van der Waals surface area contributed by atoms with E-state index in [2.05, 4.69) is 61.1 Å². The molecule has 2 aliphatic rings. The Hall–Kier alpha value is -4.91. The summed E-state index contributed by atoms with van der Waals surface area (Å²) in [6.07, 6.45) is 0.958. The fraction of sp³-hybridized carbons (Fsp3) is 0.279. The number of rotatable bonds is 14. The van der Waals surface area contributed by atoms with Crippen LogP contribution in [0.3, 0.4) is 0 Å². The van der Waals surface area contributed by atoms with E-state index < -0.39 is 15.9 Å². The molecule has 286 valence electrons. The second kappa shape index (κ2) is 18.1. The molecule has 0 atom stereocenters. The van der Waals surface area contributed by atoms with Crippen LogP contribution in [0.2, 0.25) is 5.02 Å². The van der Waals surface area contributed by atoms with Gasteiger partial charge in [0.1, 0.15) is 11.5 Å².